The minimum atomic E-state index is -3.62. The second kappa shape index (κ2) is 8.79. The Bertz CT molecular complexity index is 1120. The second-order valence-corrected chi connectivity index (χ2v) is 8.88. The molecule has 1 saturated heterocycles. The van der Waals surface area contributed by atoms with Gasteiger partial charge in [0.05, 0.1) is 18.1 Å². The molecule has 1 aliphatic heterocycles. The first-order chi connectivity index (χ1) is 14.5. The van der Waals surface area contributed by atoms with Crippen LogP contribution >= 0.6 is 0 Å². The van der Waals surface area contributed by atoms with Crippen LogP contribution in [0.5, 0.6) is 0 Å². The maximum atomic E-state index is 12.8. The average molecular weight is 423 g/mol. The molecule has 3 aromatic rings. The van der Waals surface area contributed by atoms with Crippen LogP contribution in [0.4, 0.5) is 5.69 Å². The van der Waals surface area contributed by atoms with Crippen molar-refractivity contribution in [2.45, 2.75) is 4.90 Å². The lowest BCUT2D eigenvalue weighted by molar-refractivity contribution is 0.0730. The van der Waals surface area contributed by atoms with E-state index in [0.29, 0.717) is 37.6 Å². The molecular formula is C23H22N2O4S. The van der Waals surface area contributed by atoms with Gasteiger partial charge in [0.1, 0.15) is 0 Å². The molecule has 7 heteroatoms. The van der Waals surface area contributed by atoms with E-state index in [-0.39, 0.29) is 10.8 Å². The highest BCUT2D eigenvalue weighted by atomic mass is 32.2. The Hall–Kier alpha value is -3.00. The summed E-state index contributed by atoms with van der Waals surface area (Å²) in [6.45, 7) is 1.42. The summed E-state index contributed by atoms with van der Waals surface area (Å²) in [6.07, 6.45) is 0. The van der Waals surface area contributed by atoms with Gasteiger partial charge in [-0.15, -0.1) is 0 Å². The van der Waals surface area contributed by atoms with Gasteiger partial charge >= 0.3 is 0 Å². The molecule has 154 valence electrons. The molecule has 0 unspecified atom stereocenters. The molecule has 3 aromatic carbocycles. The molecule has 0 spiro atoms. The van der Waals surface area contributed by atoms with Gasteiger partial charge in [-0.1, -0.05) is 48.5 Å². The van der Waals surface area contributed by atoms with Gasteiger partial charge in [-0.25, -0.2) is 8.42 Å². The molecule has 0 aliphatic carbocycles. The predicted molar refractivity (Wildman–Crippen MR) is 116 cm³/mol. The first-order valence-corrected chi connectivity index (χ1v) is 11.1. The van der Waals surface area contributed by atoms with E-state index in [1.165, 1.54) is 16.4 Å². The number of rotatable bonds is 5. The Morgan fingerprint density at radius 2 is 1.50 bits per heavy atom. The summed E-state index contributed by atoms with van der Waals surface area (Å²) in [4.78, 5) is 12.8. The van der Waals surface area contributed by atoms with E-state index >= 15 is 0 Å². The van der Waals surface area contributed by atoms with Crippen LogP contribution in [-0.2, 0) is 14.8 Å². The highest BCUT2D eigenvalue weighted by Crippen LogP contribution is 2.22. The molecule has 1 heterocycles. The summed E-state index contributed by atoms with van der Waals surface area (Å²) >= 11 is 0. The van der Waals surface area contributed by atoms with Crippen LogP contribution in [0.1, 0.15) is 10.4 Å². The zero-order valence-electron chi connectivity index (χ0n) is 16.3. The van der Waals surface area contributed by atoms with Crippen molar-refractivity contribution in [3.05, 3.63) is 84.4 Å². The van der Waals surface area contributed by atoms with Crippen LogP contribution in [0.3, 0.4) is 0 Å². The number of amides is 1. The number of nitrogens with zero attached hydrogens (tertiary/aromatic N) is 1. The molecule has 0 saturated carbocycles. The second-order valence-electron chi connectivity index (χ2n) is 6.94. The van der Waals surface area contributed by atoms with E-state index < -0.39 is 10.0 Å². The summed E-state index contributed by atoms with van der Waals surface area (Å²) in [6, 6.07) is 23.5. The number of hydrogen-bond donors (Lipinski definition) is 1. The van der Waals surface area contributed by atoms with Crippen molar-refractivity contribution in [2.24, 2.45) is 0 Å². The minimum Gasteiger partial charge on any atom is -0.379 e. The maximum absolute atomic E-state index is 12.8. The van der Waals surface area contributed by atoms with Gasteiger partial charge in [-0.05, 0) is 41.5 Å². The number of carbonyl (C=O) groups excluding carboxylic acids is 1. The number of carbonyl (C=O) groups is 1. The third-order valence-electron chi connectivity index (χ3n) is 4.95. The van der Waals surface area contributed by atoms with E-state index in [4.69, 9.17) is 4.74 Å². The number of sulfonamides is 1. The number of hydrogen-bond acceptors (Lipinski definition) is 4. The van der Waals surface area contributed by atoms with E-state index in [0.717, 1.165) is 11.1 Å². The number of anilines is 1. The first kappa shape index (κ1) is 20.3. The summed E-state index contributed by atoms with van der Waals surface area (Å²) in [5.74, 6) is -0.296. The zero-order valence-corrected chi connectivity index (χ0v) is 17.1. The van der Waals surface area contributed by atoms with E-state index in [9.17, 15) is 13.2 Å². The fourth-order valence-electron chi connectivity index (χ4n) is 3.32. The highest BCUT2D eigenvalue weighted by Gasteiger charge is 2.26. The van der Waals surface area contributed by atoms with Crippen molar-refractivity contribution < 1.29 is 17.9 Å². The molecule has 1 N–H and O–H groups in total. The van der Waals surface area contributed by atoms with Gasteiger partial charge in [0, 0.05) is 24.3 Å². The van der Waals surface area contributed by atoms with Gasteiger partial charge < -0.3 is 10.1 Å². The van der Waals surface area contributed by atoms with Crippen molar-refractivity contribution in [1.29, 1.82) is 0 Å². The van der Waals surface area contributed by atoms with Gasteiger partial charge in [0.2, 0.25) is 10.0 Å². The number of morpholine rings is 1. The Balaban J connectivity index is 1.49. The molecule has 1 fully saturated rings. The van der Waals surface area contributed by atoms with Crippen LogP contribution in [0.15, 0.2) is 83.8 Å². The number of nitrogens with one attached hydrogen (secondary N) is 1. The Labute approximate surface area is 176 Å². The first-order valence-electron chi connectivity index (χ1n) is 9.69. The Morgan fingerprint density at radius 3 is 2.20 bits per heavy atom. The standard InChI is InChI=1S/C23H22N2O4S/c26-23(20-11-9-19(10-12-20)18-5-2-1-3-6-18)24-21-7-4-8-22(17-21)30(27,28)25-13-15-29-16-14-25/h1-12,17H,13-16H2,(H,24,26). The summed E-state index contributed by atoms with van der Waals surface area (Å²) < 4.78 is 32.3. The maximum Gasteiger partial charge on any atom is 0.255 e. The molecule has 0 radical (unpaired) electrons. The van der Waals surface area contributed by atoms with Crippen LogP contribution in [-0.4, -0.2) is 44.9 Å². The average Bonchev–Trinajstić information content (AvgIpc) is 2.80. The smallest absolute Gasteiger partial charge is 0.255 e. The minimum absolute atomic E-state index is 0.154. The molecule has 6 nitrogen and oxygen atoms in total. The number of benzene rings is 3. The summed E-state index contributed by atoms with van der Waals surface area (Å²) in [7, 11) is -3.62. The van der Waals surface area contributed by atoms with Crippen molar-refractivity contribution in [1.82, 2.24) is 4.31 Å². The van der Waals surface area contributed by atoms with E-state index in [2.05, 4.69) is 5.32 Å². The van der Waals surface area contributed by atoms with Crippen LogP contribution in [0.2, 0.25) is 0 Å². The molecule has 1 aliphatic rings. The lowest BCUT2D eigenvalue weighted by Crippen LogP contribution is -2.40. The Kier molecular flexibility index (Phi) is 5.94. The fraction of sp³-hybridized carbons (Fsp3) is 0.174. The monoisotopic (exact) mass is 422 g/mol. The quantitative estimate of drug-likeness (QED) is 0.681. The zero-order chi connectivity index (χ0) is 21.0. The van der Waals surface area contributed by atoms with Crippen molar-refractivity contribution in [2.75, 3.05) is 31.6 Å². The molecule has 0 bridgehead atoms. The van der Waals surface area contributed by atoms with Crippen LogP contribution in [0, 0.1) is 0 Å². The lowest BCUT2D eigenvalue weighted by atomic mass is 10.0. The third-order valence-corrected chi connectivity index (χ3v) is 6.85. The SMILES string of the molecule is O=C(Nc1cccc(S(=O)(=O)N2CCOCC2)c1)c1ccc(-c2ccccc2)cc1. The molecule has 0 aromatic heterocycles. The van der Waals surface area contributed by atoms with Crippen molar-refractivity contribution in [3.8, 4) is 11.1 Å². The topological polar surface area (TPSA) is 75.7 Å². The van der Waals surface area contributed by atoms with E-state index in [1.807, 2.05) is 42.5 Å². The third kappa shape index (κ3) is 4.43. The highest BCUT2D eigenvalue weighted by molar-refractivity contribution is 7.89. The van der Waals surface area contributed by atoms with Crippen LogP contribution < -0.4 is 5.32 Å². The molecular weight excluding hydrogens is 400 g/mol. The lowest BCUT2D eigenvalue weighted by Gasteiger charge is -2.26. The van der Waals surface area contributed by atoms with Gasteiger partial charge in [-0.2, -0.15) is 4.31 Å². The molecule has 0 atom stereocenters. The number of ether oxygens (including phenoxy) is 1. The van der Waals surface area contributed by atoms with Crippen LogP contribution in [0.25, 0.3) is 11.1 Å². The van der Waals surface area contributed by atoms with Gasteiger partial charge in [0.25, 0.3) is 5.91 Å². The molecule has 4 rings (SSSR count). The van der Waals surface area contributed by atoms with Crippen molar-refractivity contribution >= 4 is 21.6 Å². The van der Waals surface area contributed by atoms with Crippen molar-refractivity contribution in [3.63, 3.8) is 0 Å². The largest absolute Gasteiger partial charge is 0.379 e. The molecule has 1 amide bonds. The summed E-state index contributed by atoms with van der Waals surface area (Å²) in [5, 5.41) is 2.79. The Morgan fingerprint density at radius 1 is 0.833 bits per heavy atom. The summed E-state index contributed by atoms with van der Waals surface area (Å²) in [5.41, 5.74) is 3.02. The normalized spacial score (nSPS) is 14.9. The molecule has 30 heavy (non-hydrogen) atoms. The predicted octanol–water partition coefficient (Wildman–Crippen LogP) is 3.63. The van der Waals surface area contributed by atoms with E-state index in [1.54, 1.807) is 24.3 Å². The fourth-order valence-corrected chi connectivity index (χ4v) is 4.77. The van der Waals surface area contributed by atoms with Gasteiger partial charge in [-0.3, -0.25) is 4.79 Å². The van der Waals surface area contributed by atoms with Gasteiger partial charge in [0.15, 0.2) is 0 Å².